The number of hydrogen-bond donors (Lipinski definition) is 1. The zero-order valence-electron chi connectivity index (χ0n) is 14.7. The number of benzene rings is 1. The van der Waals surface area contributed by atoms with Gasteiger partial charge in [0.05, 0.1) is 0 Å². The van der Waals surface area contributed by atoms with E-state index in [0.29, 0.717) is 32.6 Å². The van der Waals surface area contributed by atoms with Gasteiger partial charge in [0.1, 0.15) is 0 Å². The maximum Gasteiger partial charge on any atom is 0.303 e. The third-order valence-corrected chi connectivity index (χ3v) is 4.69. The Kier molecular flexibility index (Phi) is 6.98. The SMILES string of the molecule is CC(=O)N(CCC(=O)N1CCC(CC(=O)O)CC1)Cc1ccccc1. The molecule has 1 aliphatic rings. The van der Waals surface area contributed by atoms with Crippen LogP contribution >= 0.6 is 0 Å². The number of rotatable bonds is 7. The Morgan fingerprint density at radius 2 is 1.80 bits per heavy atom. The van der Waals surface area contributed by atoms with Gasteiger partial charge in [0, 0.05) is 45.9 Å². The van der Waals surface area contributed by atoms with Crippen molar-refractivity contribution >= 4 is 17.8 Å². The minimum Gasteiger partial charge on any atom is -0.481 e. The van der Waals surface area contributed by atoms with Crippen molar-refractivity contribution in [1.29, 1.82) is 0 Å². The van der Waals surface area contributed by atoms with E-state index in [1.165, 1.54) is 6.92 Å². The highest BCUT2D eigenvalue weighted by Gasteiger charge is 2.24. The maximum absolute atomic E-state index is 12.4. The van der Waals surface area contributed by atoms with Crippen molar-refractivity contribution in [2.75, 3.05) is 19.6 Å². The van der Waals surface area contributed by atoms with Crippen molar-refractivity contribution in [3.05, 3.63) is 35.9 Å². The van der Waals surface area contributed by atoms with E-state index < -0.39 is 5.97 Å². The fourth-order valence-electron chi connectivity index (χ4n) is 3.17. The highest BCUT2D eigenvalue weighted by Crippen LogP contribution is 2.21. The van der Waals surface area contributed by atoms with Crippen LogP contribution in [-0.2, 0) is 20.9 Å². The van der Waals surface area contributed by atoms with Gasteiger partial charge in [-0.1, -0.05) is 30.3 Å². The Bertz CT molecular complexity index is 595. The summed E-state index contributed by atoms with van der Waals surface area (Å²) in [6.07, 6.45) is 1.95. The van der Waals surface area contributed by atoms with Crippen molar-refractivity contribution in [1.82, 2.24) is 9.80 Å². The second kappa shape index (κ2) is 9.20. The van der Waals surface area contributed by atoms with Crippen LogP contribution < -0.4 is 0 Å². The summed E-state index contributed by atoms with van der Waals surface area (Å²) in [5, 5.41) is 8.84. The molecule has 2 amide bonds. The predicted molar refractivity (Wildman–Crippen MR) is 93.7 cm³/mol. The van der Waals surface area contributed by atoms with E-state index in [4.69, 9.17) is 5.11 Å². The third-order valence-electron chi connectivity index (χ3n) is 4.69. The molecule has 0 spiro atoms. The van der Waals surface area contributed by atoms with Crippen LogP contribution in [0.5, 0.6) is 0 Å². The van der Waals surface area contributed by atoms with Gasteiger partial charge in [0.25, 0.3) is 0 Å². The minimum atomic E-state index is -0.775. The van der Waals surface area contributed by atoms with Gasteiger partial charge in [-0.3, -0.25) is 14.4 Å². The lowest BCUT2D eigenvalue weighted by molar-refractivity contribution is -0.138. The van der Waals surface area contributed by atoms with Crippen LogP contribution in [0.15, 0.2) is 30.3 Å². The van der Waals surface area contributed by atoms with E-state index in [9.17, 15) is 14.4 Å². The van der Waals surface area contributed by atoms with Crippen molar-refractivity contribution in [2.45, 2.75) is 39.2 Å². The van der Waals surface area contributed by atoms with Gasteiger partial charge < -0.3 is 14.9 Å². The zero-order valence-corrected chi connectivity index (χ0v) is 14.7. The highest BCUT2D eigenvalue weighted by molar-refractivity contribution is 5.78. The van der Waals surface area contributed by atoms with E-state index >= 15 is 0 Å². The van der Waals surface area contributed by atoms with Crippen LogP contribution in [0.1, 0.15) is 38.2 Å². The largest absolute Gasteiger partial charge is 0.481 e. The minimum absolute atomic E-state index is 0.0353. The summed E-state index contributed by atoms with van der Waals surface area (Å²) in [5.74, 6) is -0.624. The molecule has 0 saturated carbocycles. The van der Waals surface area contributed by atoms with Crippen LogP contribution in [-0.4, -0.2) is 52.3 Å². The number of carbonyl (C=O) groups excluding carboxylic acids is 2. The van der Waals surface area contributed by atoms with Crippen LogP contribution in [0.4, 0.5) is 0 Å². The molecular weight excluding hydrogens is 320 g/mol. The van der Waals surface area contributed by atoms with Crippen LogP contribution in [0.2, 0.25) is 0 Å². The fraction of sp³-hybridized carbons (Fsp3) is 0.526. The van der Waals surface area contributed by atoms with Gasteiger partial charge in [0.15, 0.2) is 0 Å². The lowest BCUT2D eigenvalue weighted by Gasteiger charge is -2.32. The number of aliphatic carboxylic acids is 1. The summed E-state index contributed by atoms with van der Waals surface area (Å²) >= 11 is 0. The molecule has 6 nitrogen and oxygen atoms in total. The molecule has 0 bridgehead atoms. The first-order valence-electron chi connectivity index (χ1n) is 8.74. The molecule has 1 aliphatic heterocycles. The Hall–Kier alpha value is -2.37. The average Bonchev–Trinajstić information content (AvgIpc) is 2.59. The first-order valence-corrected chi connectivity index (χ1v) is 8.74. The molecule has 0 radical (unpaired) electrons. The molecule has 0 unspecified atom stereocenters. The van der Waals surface area contributed by atoms with Crippen LogP contribution in [0.3, 0.4) is 0 Å². The van der Waals surface area contributed by atoms with Gasteiger partial charge in [-0.15, -0.1) is 0 Å². The molecule has 136 valence electrons. The number of carboxylic acids is 1. The molecule has 0 aliphatic carbocycles. The quantitative estimate of drug-likeness (QED) is 0.820. The molecule has 1 aromatic carbocycles. The number of carbonyl (C=O) groups is 3. The number of hydrogen-bond acceptors (Lipinski definition) is 3. The van der Waals surface area contributed by atoms with Gasteiger partial charge >= 0.3 is 5.97 Å². The number of likely N-dealkylation sites (tertiary alicyclic amines) is 1. The average molecular weight is 346 g/mol. The van der Waals surface area contributed by atoms with Crippen molar-refractivity contribution in [3.63, 3.8) is 0 Å². The summed E-state index contributed by atoms with van der Waals surface area (Å²) in [6.45, 7) is 3.64. The van der Waals surface area contributed by atoms with Crippen LogP contribution in [0.25, 0.3) is 0 Å². The monoisotopic (exact) mass is 346 g/mol. The normalized spacial score (nSPS) is 15.0. The second-order valence-corrected chi connectivity index (χ2v) is 6.60. The molecule has 25 heavy (non-hydrogen) atoms. The third kappa shape index (κ3) is 6.21. The molecular formula is C19H26N2O4. The predicted octanol–water partition coefficient (Wildman–Crippen LogP) is 2.14. The standard InChI is InChI=1S/C19H26N2O4/c1-15(22)21(14-17-5-3-2-4-6-17)12-9-18(23)20-10-7-16(8-11-20)13-19(24)25/h2-6,16H,7-14H2,1H3,(H,24,25). The Morgan fingerprint density at radius 1 is 1.16 bits per heavy atom. The van der Waals surface area contributed by atoms with E-state index in [0.717, 1.165) is 18.4 Å². The van der Waals surface area contributed by atoms with E-state index in [-0.39, 0.29) is 24.2 Å². The molecule has 6 heteroatoms. The number of carboxylic acid groups (broad SMARTS) is 1. The summed E-state index contributed by atoms with van der Waals surface area (Å²) in [4.78, 5) is 38.4. The first-order chi connectivity index (χ1) is 12.0. The van der Waals surface area contributed by atoms with E-state index in [1.807, 2.05) is 30.3 Å². The molecule has 0 atom stereocenters. The summed E-state index contributed by atoms with van der Waals surface area (Å²) in [6, 6.07) is 9.72. The molecule has 1 heterocycles. The Balaban J connectivity index is 1.79. The second-order valence-electron chi connectivity index (χ2n) is 6.60. The van der Waals surface area contributed by atoms with Crippen molar-refractivity contribution in [2.24, 2.45) is 5.92 Å². The fourth-order valence-corrected chi connectivity index (χ4v) is 3.17. The molecule has 1 aromatic rings. The lowest BCUT2D eigenvalue weighted by Crippen LogP contribution is -2.40. The van der Waals surface area contributed by atoms with Gasteiger partial charge in [0.2, 0.25) is 11.8 Å². The Morgan fingerprint density at radius 3 is 2.36 bits per heavy atom. The maximum atomic E-state index is 12.4. The topological polar surface area (TPSA) is 77.9 Å². The molecule has 1 N–H and O–H groups in total. The zero-order chi connectivity index (χ0) is 18.2. The van der Waals surface area contributed by atoms with Gasteiger partial charge in [-0.2, -0.15) is 0 Å². The van der Waals surface area contributed by atoms with E-state index in [1.54, 1.807) is 9.80 Å². The summed E-state index contributed by atoms with van der Waals surface area (Å²) < 4.78 is 0. The lowest BCUT2D eigenvalue weighted by atomic mass is 9.93. The first kappa shape index (κ1) is 19.0. The van der Waals surface area contributed by atoms with E-state index in [2.05, 4.69) is 0 Å². The van der Waals surface area contributed by atoms with Crippen molar-refractivity contribution < 1.29 is 19.5 Å². The Labute approximate surface area is 148 Å². The summed E-state index contributed by atoms with van der Waals surface area (Å²) in [5.41, 5.74) is 1.04. The smallest absolute Gasteiger partial charge is 0.303 e. The number of piperidine rings is 1. The number of nitrogens with zero attached hydrogens (tertiary/aromatic N) is 2. The molecule has 1 saturated heterocycles. The highest BCUT2D eigenvalue weighted by atomic mass is 16.4. The van der Waals surface area contributed by atoms with Crippen LogP contribution in [0, 0.1) is 5.92 Å². The van der Waals surface area contributed by atoms with Crippen molar-refractivity contribution in [3.8, 4) is 0 Å². The molecule has 1 fully saturated rings. The molecule has 0 aromatic heterocycles. The number of amides is 2. The van der Waals surface area contributed by atoms with Gasteiger partial charge in [-0.05, 0) is 24.3 Å². The van der Waals surface area contributed by atoms with Gasteiger partial charge in [-0.25, -0.2) is 0 Å². The molecule has 2 rings (SSSR count). The summed E-state index contributed by atoms with van der Waals surface area (Å²) in [7, 11) is 0.